The molecule has 3 heteroatoms. The van der Waals surface area contributed by atoms with E-state index in [1.165, 1.54) is 0 Å². The number of hydrogen-bond donors (Lipinski definition) is 2. The second kappa shape index (κ2) is 4.76. The summed E-state index contributed by atoms with van der Waals surface area (Å²) in [6.07, 6.45) is 1.84. The van der Waals surface area contributed by atoms with E-state index in [4.69, 9.17) is 0 Å². The van der Waals surface area contributed by atoms with Gasteiger partial charge in [-0.15, -0.1) is 11.8 Å². The van der Waals surface area contributed by atoms with Crippen LogP contribution in [-0.2, 0) is 0 Å². The molecule has 2 unspecified atom stereocenters. The first-order chi connectivity index (χ1) is 6.24. The van der Waals surface area contributed by atoms with Crippen LogP contribution in [0.3, 0.4) is 0 Å². The molecule has 3 nitrogen and oxygen atoms in total. The summed E-state index contributed by atoms with van der Waals surface area (Å²) in [5.74, 6) is 6.32. The minimum Gasteiger partial charge on any atom is -0.337 e. The summed E-state index contributed by atoms with van der Waals surface area (Å²) in [7, 11) is 0. The van der Waals surface area contributed by atoms with Crippen LogP contribution in [0.1, 0.15) is 26.7 Å². The maximum Gasteiger partial charge on any atom is 0.315 e. The first-order valence-electron chi connectivity index (χ1n) is 4.68. The molecule has 0 heterocycles. The molecule has 0 saturated heterocycles. The molecule has 2 N–H and O–H groups in total. The van der Waals surface area contributed by atoms with E-state index in [1.807, 2.05) is 0 Å². The van der Waals surface area contributed by atoms with Crippen LogP contribution in [0.4, 0.5) is 4.79 Å². The Balaban J connectivity index is 2.00. The third kappa shape index (κ3) is 3.84. The van der Waals surface area contributed by atoms with Gasteiger partial charge in [-0.1, -0.05) is 6.92 Å². The third-order valence-corrected chi connectivity index (χ3v) is 2.14. The number of carbonyl (C=O) groups excluding carboxylic acids is 1. The number of amides is 2. The van der Waals surface area contributed by atoms with Crippen molar-refractivity contribution in [2.45, 2.75) is 32.7 Å². The molecule has 1 aliphatic rings. The van der Waals surface area contributed by atoms with Crippen molar-refractivity contribution in [3.63, 3.8) is 0 Å². The minimum atomic E-state index is -0.0627. The predicted molar refractivity (Wildman–Crippen MR) is 52.2 cm³/mol. The van der Waals surface area contributed by atoms with E-state index in [0.29, 0.717) is 18.5 Å². The van der Waals surface area contributed by atoms with Crippen LogP contribution in [0.25, 0.3) is 0 Å². The normalized spacial score (nSPS) is 24.2. The molecular formula is C10H16N2O. The number of nitrogens with one attached hydrogen (secondary N) is 2. The molecular weight excluding hydrogens is 164 g/mol. The van der Waals surface area contributed by atoms with Crippen molar-refractivity contribution in [2.24, 2.45) is 5.92 Å². The molecule has 0 spiro atoms. The Hall–Kier alpha value is -1.17. The SMILES string of the molecule is CC#CCCNC(=O)NC1CC1C. The maximum atomic E-state index is 11.1. The zero-order valence-electron chi connectivity index (χ0n) is 8.18. The smallest absolute Gasteiger partial charge is 0.315 e. The van der Waals surface area contributed by atoms with Crippen molar-refractivity contribution >= 4 is 6.03 Å². The zero-order valence-corrected chi connectivity index (χ0v) is 8.18. The van der Waals surface area contributed by atoms with Gasteiger partial charge in [0.05, 0.1) is 0 Å². The van der Waals surface area contributed by atoms with Crippen LogP contribution in [-0.4, -0.2) is 18.6 Å². The molecule has 0 radical (unpaired) electrons. The highest BCUT2D eigenvalue weighted by Gasteiger charge is 2.33. The highest BCUT2D eigenvalue weighted by atomic mass is 16.2. The van der Waals surface area contributed by atoms with Gasteiger partial charge in [-0.2, -0.15) is 0 Å². The van der Waals surface area contributed by atoms with E-state index >= 15 is 0 Å². The van der Waals surface area contributed by atoms with Crippen LogP contribution in [0.15, 0.2) is 0 Å². The number of urea groups is 1. The Morgan fingerprint density at radius 3 is 2.85 bits per heavy atom. The minimum absolute atomic E-state index is 0.0627. The third-order valence-electron chi connectivity index (χ3n) is 2.14. The summed E-state index contributed by atoms with van der Waals surface area (Å²) >= 11 is 0. The van der Waals surface area contributed by atoms with Crippen LogP contribution >= 0.6 is 0 Å². The van der Waals surface area contributed by atoms with Crippen molar-refractivity contribution in [1.82, 2.24) is 10.6 Å². The fraction of sp³-hybridized carbons (Fsp3) is 0.700. The van der Waals surface area contributed by atoms with E-state index in [-0.39, 0.29) is 6.03 Å². The topological polar surface area (TPSA) is 41.1 Å². The van der Waals surface area contributed by atoms with Crippen molar-refractivity contribution in [3.8, 4) is 11.8 Å². The number of carbonyl (C=O) groups is 1. The summed E-state index contributed by atoms with van der Waals surface area (Å²) in [6.45, 7) is 4.56. The van der Waals surface area contributed by atoms with Gasteiger partial charge in [0.15, 0.2) is 0 Å². The fourth-order valence-corrected chi connectivity index (χ4v) is 1.11. The van der Waals surface area contributed by atoms with Gasteiger partial charge < -0.3 is 10.6 Å². The van der Waals surface area contributed by atoms with Crippen LogP contribution in [0, 0.1) is 17.8 Å². The Morgan fingerprint density at radius 1 is 1.62 bits per heavy atom. The fourth-order valence-electron chi connectivity index (χ4n) is 1.11. The van der Waals surface area contributed by atoms with Gasteiger partial charge in [0.25, 0.3) is 0 Å². The molecule has 1 saturated carbocycles. The lowest BCUT2D eigenvalue weighted by Crippen LogP contribution is -2.37. The molecule has 1 aliphatic carbocycles. The van der Waals surface area contributed by atoms with Crippen molar-refractivity contribution in [1.29, 1.82) is 0 Å². The molecule has 2 amide bonds. The standard InChI is InChI=1S/C10H16N2O/c1-3-4-5-6-11-10(13)12-9-7-8(9)2/h8-9H,5-7H2,1-2H3,(H2,11,12,13). The van der Waals surface area contributed by atoms with Gasteiger partial charge in [-0.25, -0.2) is 4.79 Å². The van der Waals surface area contributed by atoms with E-state index < -0.39 is 0 Å². The van der Waals surface area contributed by atoms with Gasteiger partial charge >= 0.3 is 6.03 Å². The van der Waals surface area contributed by atoms with E-state index in [2.05, 4.69) is 29.4 Å². The Morgan fingerprint density at radius 2 is 2.31 bits per heavy atom. The average molecular weight is 180 g/mol. The molecule has 0 aromatic carbocycles. The number of rotatable bonds is 3. The largest absolute Gasteiger partial charge is 0.337 e. The number of hydrogen-bond acceptors (Lipinski definition) is 1. The lowest BCUT2D eigenvalue weighted by atomic mass is 10.4. The lowest BCUT2D eigenvalue weighted by Gasteiger charge is -2.04. The predicted octanol–water partition coefficient (Wildman–Crippen LogP) is 1.11. The molecule has 1 fully saturated rings. The second-order valence-electron chi connectivity index (χ2n) is 3.40. The Kier molecular flexibility index (Phi) is 3.63. The average Bonchev–Trinajstić information content (AvgIpc) is 2.76. The zero-order chi connectivity index (χ0) is 9.68. The van der Waals surface area contributed by atoms with Gasteiger partial charge in [0, 0.05) is 19.0 Å². The molecule has 72 valence electrons. The van der Waals surface area contributed by atoms with Gasteiger partial charge in [-0.05, 0) is 19.3 Å². The van der Waals surface area contributed by atoms with Crippen LogP contribution in [0.5, 0.6) is 0 Å². The van der Waals surface area contributed by atoms with Crippen LogP contribution < -0.4 is 10.6 Å². The molecule has 0 aliphatic heterocycles. The maximum absolute atomic E-state index is 11.1. The summed E-state index contributed by atoms with van der Waals surface area (Å²) < 4.78 is 0. The van der Waals surface area contributed by atoms with Gasteiger partial charge in [-0.3, -0.25) is 0 Å². The van der Waals surface area contributed by atoms with Crippen molar-refractivity contribution in [2.75, 3.05) is 6.54 Å². The van der Waals surface area contributed by atoms with E-state index in [0.717, 1.165) is 12.8 Å². The van der Waals surface area contributed by atoms with Gasteiger partial charge in [0.2, 0.25) is 0 Å². The summed E-state index contributed by atoms with van der Waals surface area (Å²) in [5.41, 5.74) is 0. The van der Waals surface area contributed by atoms with Crippen molar-refractivity contribution < 1.29 is 4.79 Å². The molecule has 13 heavy (non-hydrogen) atoms. The molecule has 2 atom stereocenters. The summed E-state index contributed by atoms with van der Waals surface area (Å²) in [6, 6.07) is 0.338. The van der Waals surface area contributed by atoms with Crippen LogP contribution in [0.2, 0.25) is 0 Å². The van der Waals surface area contributed by atoms with Gasteiger partial charge in [0.1, 0.15) is 0 Å². The molecule has 0 aromatic heterocycles. The Bertz CT molecular complexity index is 239. The van der Waals surface area contributed by atoms with Crippen molar-refractivity contribution in [3.05, 3.63) is 0 Å². The van der Waals surface area contributed by atoms with E-state index in [1.54, 1.807) is 6.92 Å². The molecule has 1 rings (SSSR count). The molecule has 0 bridgehead atoms. The van der Waals surface area contributed by atoms with E-state index in [9.17, 15) is 4.79 Å². The highest BCUT2D eigenvalue weighted by Crippen LogP contribution is 2.28. The Labute approximate surface area is 79.3 Å². The lowest BCUT2D eigenvalue weighted by molar-refractivity contribution is 0.240. The monoisotopic (exact) mass is 180 g/mol. The quantitative estimate of drug-likeness (QED) is 0.495. The molecule has 0 aromatic rings. The first-order valence-corrected chi connectivity index (χ1v) is 4.68. The first kappa shape index (κ1) is 9.91. The highest BCUT2D eigenvalue weighted by molar-refractivity contribution is 5.74. The summed E-state index contributed by atoms with van der Waals surface area (Å²) in [4.78, 5) is 11.1. The second-order valence-corrected chi connectivity index (χ2v) is 3.40. The summed E-state index contributed by atoms with van der Waals surface area (Å²) in [5, 5.41) is 5.64.